The third kappa shape index (κ3) is 3.37. The molecule has 6 nitrogen and oxygen atoms in total. The van der Waals surface area contributed by atoms with E-state index in [9.17, 15) is 8.42 Å². The van der Waals surface area contributed by atoms with Crippen molar-refractivity contribution >= 4 is 27.4 Å². The van der Waals surface area contributed by atoms with E-state index in [-0.39, 0.29) is 15.9 Å². The van der Waals surface area contributed by atoms with Crippen molar-refractivity contribution in [3.8, 4) is 6.07 Å². The Morgan fingerprint density at radius 1 is 1.24 bits per heavy atom. The van der Waals surface area contributed by atoms with Crippen LogP contribution in [0.1, 0.15) is 0 Å². The third-order valence-electron chi connectivity index (χ3n) is 2.42. The van der Waals surface area contributed by atoms with Gasteiger partial charge in [-0.1, -0.05) is 23.7 Å². The Bertz CT molecular complexity index is 814. The lowest BCUT2D eigenvalue weighted by Gasteiger charge is -2.05. The van der Waals surface area contributed by atoms with Crippen molar-refractivity contribution in [3.05, 3.63) is 58.9 Å². The molecule has 0 fully saturated rings. The van der Waals surface area contributed by atoms with Gasteiger partial charge in [-0.05, 0) is 18.2 Å². The van der Waals surface area contributed by atoms with Crippen LogP contribution in [0.4, 0.5) is 5.95 Å². The monoisotopic (exact) mass is 320 g/mol. The number of rotatable bonds is 4. The van der Waals surface area contributed by atoms with Crippen LogP contribution >= 0.6 is 11.6 Å². The summed E-state index contributed by atoms with van der Waals surface area (Å²) in [4.78, 5) is 7.11. The van der Waals surface area contributed by atoms with E-state index in [4.69, 9.17) is 16.9 Å². The number of allylic oxidation sites excluding steroid dienone is 1. The van der Waals surface area contributed by atoms with Gasteiger partial charge in [0.1, 0.15) is 6.07 Å². The molecule has 0 unspecified atom stereocenters. The van der Waals surface area contributed by atoms with Gasteiger partial charge in [-0.15, -0.1) is 0 Å². The lowest BCUT2D eigenvalue weighted by Crippen LogP contribution is -2.07. The molecule has 0 aliphatic carbocycles. The minimum atomic E-state index is -4.00. The van der Waals surface area contributed by atoms with E-state index in [1.165, 1.54) is 30.6 Å². The van der Waals surface area contributed by atoms with Gasteiger partial charge < -0.3 is 5.32 Å². The first kappa shape index (κ1) is 15.0. The number of nitrogens with zero attached hydrogens (tertiary/aromatic N) is 3. The van der Waals surface area contributed by atoms with Crippen molar-refractivity contribution in [3.63, 3.8) is 0 Å². The number of nitriles is 1. The number of nitrogens with one attached hydrogen (secondary N) is 1. The van der Waals surface area contributed by atoms with E-state index in [1.807, 2.05) is 0 Å². The Morgan fingerprint density at radius 3 is 2.52 bits per heavy atom. The molecule has 106 valence electrons. The van der Waals surface area contributed by atoms with E-state index in [1.54, 1.807) is 18.2 Å². The van der Waals surface area contributed by atoms with Crippen LogP contribution < -0.4 is 5.32 Å². The number of aromatic nitrogens is 2. The van der Waals surface area contributed by atoms with Crippen LogP contribution in [-0.4, -0.2) is 18.4 Å². The standard InChI is InChI=1S/C13H9ClN4O2S/c14-11-4-1-2-5-12(11)21(19,20)10(8-15)9-18-13-16-6-3-7-17-13/h1-7,9H,(H,16,17,18). The average Bonchev–Trinajstić information content (AvgIpc) is 2.49. The van der Waals surface area contributed by atoms with E-state index >= 15 is 0 Å². The highest BCUT2D eigenvalue weighted by Crippen LogP contribution is 2.26. The van der Waals surface area contributed by atoms with Crippen LogP contribution in [0.2, 0.25) is 5.02 Å². The van der Waals surface area contributed by atoms with Crippen LogP contribution in [0.15, 0.2) is 58.7 Å². The molecule has 21 heavy (non-hydrogen) atoms. The normalized spacial score (nSPS) is 11.7. The molecule has 0 saturated heterocycles. The summed E-state index contributed by atoms with van der Waals surface area (Å²) in [7, 11) is -4.00. The van der Waals surface area contributed by atoms with Crippen LogP contribution in [-0.2, 0) is 9.84 Å². The highest BCUT2D eigenvalue weighted by atomic mass is 35.5. The molecule has 0 radical (unpaired) electrons. The Kier molecular flexibility index (Phi) is 4.52. The summed E-state index contributed by atoms with van der Waals surface area (Å²) in [5.41, 5.74) is 0. The van der Waals surface area contributed by atoms with Crippen LogP contribution in [0, 0.1) is 11.3 Å². The highest BCUT2D eigenvalue weighted by Gasteiger charge is 2.23. The summed E-state index contributed by atoms with van der Waals surface area (Å²) in [5, 5.41) is 11.7. The minimum absolute atomic E-state index is 0.0506. The molecule has 1 aromatic carbocycles. The van der Waals surface area contributed by atoms with Crippen LogP contribution in [0.25, 0.3) is 0 Å². The van der Waals surface area contributed by atoms with Gasteiger partial charge in [0.25, 0.3) is 0 Å². The first-order valence-electron chi connectivity index (χ1n) is 5.69. The molecule has 0 aliphatic rings. The molecule has 0 atom stereocenters. The summed E-state index contributed by atoms with van der Waals surface area (Å²) in [6.45, 7) is 0. The lowest BCUT2D eigenvalue weighted by molar-refractivity contribution is 0.603. The predicted molar refractivity (Wildman–Crippen MR) is 78.0 cm³/mol. The van der Waals surface area contributed by atoms with Gasteiger partial charge >= 0.3 is 0 Å². The number of anilines is 1. The Labute approximate surface area is 126 Å². The topological polar surface area (TPSA) is 95.7 Å². The number of hydrogen-bond acceptors (Lipinski definition) is 6. The van der Waals surface area contributed by atoms with Crippen molar-refractivity contribution in [2.45, 2.75) is 4.90 Å². The number of sulfone groups is 1. The molecule has 1 aromatic heterocycles. The van der Waals surface area contributed by atoms with Crippen LogP contribution in [0.5, 0.6) is 0 Å². The van der Waals surface area contributed by atoms with Gasteiger partial charge in [0, 0.05) is 18.6 Å². The molecule has 1 heterocycles. The molecule has 0 spiro atoms. The SMILES string of the molecule is N#CC(=CNc1ncccn1)S(=O)(=O)c1ccccc1Cl. The molecule has 0 saturated carbocycles. The van der Waals surface area contributed by atoms with Gasteiger partial charge in [-0.2, -0.15) is 5.26 Å². The largest absolute Gasteiger partial charge is 0.329 e. The van der Waals surface area contributed by atoms with Crippen molar-refractivity contribution in [1.82, 2.24) is 9.97 Å². The molecule has 0 aliphatic heterocycles. The zero-order valence-corrected chi connectivity index (χ0v) is 12.1. The van der Waals surface area contributed by atoms with Crippen molar-refractivity contribution in [2.24, 2.45) is 0 Å². The summed E-state index contributed by atoms with van der Waals surface area (Å²) in [6.07, 6.45) is 4.00. The second-order valence-corrected chi connectivity index (χ2v) is 6.06. The molecule has 0 bridgehead atoms. The maximum Gasteiger partial charge on any atom is 0.226 e. The molecule has 2 aromatic rings. The lowest BCUT2D eigenvalue weighted by atomic mass is 10.4. The van der Waals surface area contributed by atoms with E-state index in [0.29, 0.717) is 0 Å². The zero-order chi connectivity index (χ0) is 15.3. The van der Waals surface area contributed by atoms with Crippen molar-refractivity contribution in [2.75, 3.05) is 5.32 Å². The summed E-state index contributed by atoms with van der Waals surface area (Å²) in [5.74, 6) is 0.180. The van der Waals surface area contributed by atoms with Gasteiger partial charge in [-0.25, -0.2) is 18.4 Å². The van der Waals surface area contributed by atoms with Gasteiger partial charge in [0.2, 0.25) is 15.8 Å². The first-order valence-corrected chi connectivity index (χ1v) is 7.55. The number of benzene rings is 1. The van der Waals surface area contributed by atoms with E-state index < -0.39 is 14.7 Å². The van der Waals surface area contributed by atoms with Gasteiger partial charge in [-0.3, -0.25) is 0 Å². The summed E-state index contributed by atoms with van der Waals surface area (Å²) >= 11 is 5.87. The van der Waals surface area contributed by atoms with Gasteiger partial charge in [0.15, 0.2) is 4.91 Å². The second-order valence-electron chi connectivity index (χ2n) is 3.77. The molecule has 0 amide bonds. The van der Waals surface area contributed by atoms with E-state index in [2.05, 4.69) is 15.3 Å². The summed E-state index contributed by atoms with van der Waals surface area (Å²) in [6, 6.07) is 9.16. The number of hydrogen-bond donors (Lipinski definition) is 1. The van der Waals surface area contributed by atoms with Crippen molar-refractivity contribution in [1.29, 1.82) is 5.26 Å². The molecule has 2 rings (SSSR count). The molecule has 8 heteroatoms. The third-order valence-corrected chi connectivity index (χ3v) is 4.59. The average molecular weight is 321 g/mol. The Morgan fingerprint density at radius 2 is 1.90 bits per heavy atom. The predicted octanol–water partition coefficient (Wildman–Crippen LogP) is 2.38. The fourth-order valence-corrected chi connectivity index (χ4v) is 3.05. The first-order chi connectivity index (χ1) is 10.1. The Hall–Kier alpha value is -2.43. The zero-order valence-electron chi connectivity index (χ0n) is 10.6. The molecular formula is C13H9ClN4O2S. The number of halogens is 1. The maximum absolute atomic E-state index is 12.3. The highest BCUT2D eigenvalue weighted by molar-refractivity contribution is 7.95. The quantitative estimate of drug-likeness (QED) is 0.869. The molecule has 1 N–H and O–H groups in total. The smallest absolute Gasteiger partial charge is 0.226 e. The van der Waals surface area contributed by atoms with Crippen LogP contribution in [0.3, 0.4) is 0 Å². The second kappa shape index (κ2) is 6.35. The Balaban J connectivity index is 2.38. The minimum Gasteiger partial charge on any atom is -0.329 e. The summed E-state index contributed by atoms with van der Waals surface area (Å²) < 4.78 is 24.7. The fraction of sp³-hybridized carbons (Fsp3) is 0. The maximum atomic E-state index is 12.3. The van der Waals surface area contributed by atoms with Gasteiger partial charge in [0.05, 0.1) is 9.92 Å². The fourth-order valence-electron chi connectivity index (χ4n) is 1.45. The molecular weight excluding hydrogens is 312 g/mol. The van der Waals surface area contributed by atoms with E-state index in [0.717, 1.165) is 6.20 Å². The van der Waals surface area contributed by atoms with Crippen molar-refractivity contribution < 1.29 is 8.42 Å².